The molecular weight excluding hydrogens is 400 g/mol. The Bertz CT molecular complexity index is 595. The van der Waals surface area contributed by atoms with Gasteiger partial charge in [-0.05, 0) is 46.0 Å². The summed E-state index contributed by atoms with van der Waals surface area (Å²) in [4.78, 5) is 40.3. The van der Waals surface area contributed by atoms with Crippen LogP contribution in [0.3, 0.4) is 0 Å². The molecule has 1 aliphatic rings. The van der Waals surface area contributed by atoms with Gasteiger partial charge in [-0.1, -0.05) is 33.1 Å². The number of rotatable bonds is 10. The Hall–Kier alpha value is -1.83. The number of ether oxygens (including phenoxy) is 2. The Labute approximate surface area is 187 Å². The van der Waals surface area contributed by atoms with Crippen LogP contribution >= 0.6 is 0 Å². The molecule has 0 aromatic carbocycles. The molecule has 1 rings (SSSR count). The Balaban J connectivity index is 2.85. The molecule has 0 heterocycles. The van der Waals surface area contributed by atoms with E-state index in [4.69, 9.17) is 9.47 Å². The largest absolute Gasteiger partial charge is 0.480 e. The Morgan fingerprint density at radius 3 is 2.06 bits per heavy atom. The van der Waals surface area contributed by atoms with E-state index in [2.05, 4.69) is 0 Å². The molecule has 0 saturated heterocycles. The summed E-state index contributed by atoms with van der Waals surface area (Å²) in [6.07, 6.45) is 5.69. The van der Waals surface area contributed by atoms with Gasteiger partial charge in [-0.25, -0.2) is 9.59 Å². The third-order valence-electron chi connectivity index (χ3n) is 5.53. The molecule has 180 valence electrons. The topological polar surface area (TPSA) is 96.4 Å². The first-order chi connectivity index (χ1) is 14.3. The Morgan fingerprint density at radius 1 is 1.00 bits per heavy atom. The second-order valence-electron chi connectivity index (χ2n) is 9.96. The molecule has 0 spiro atoms. The second kappa shape index (κ2) is 12.3. The van der Waals surface area contributed by atoms with Gasteiger partial charge in [-0.2, -0.15) is 0 Å². The number of carboxylic acids is 1. The first-order valence-electron chi connectivity index (χ1n) is 11.4. The average molecular weight is 443 g/mol. The van der Waals surface area contributed by atoms with Crippen LogP contribution < -0.4 is 0 Å². The van der Waals surface area contributed by atoms with Crippen LogP contribution in [0.5, 0.6) is 0 Å². The van der Waals surface area contributed by atoms with Gasteiger partial charge in [-0.15, -0.1) is 0 Å². The van der Waals surface area contributed by atoms with Crippen molar-refractivity contribution >= 4 is 18.0 Å². The highest BCUT2D eigenvalue weighted by Crippen LogP contribution is 2.22. The second-order valence-corrected chi connectivity index (χ2v) is 9.96. The zero-order chi connectivity index (χ0) is 23.8. The molecule has 1 saturated carbocycles. The molecule has 31 heavy (non-hydrogen) atoms. The molecule has 8 nitrogen and oxygen atoms in total. The van der Waals surface area contributed by atoms with Gasteiger partial charge in [0.05, 0.1) is 6.10 Å². The maximum Gasteiger partial charge on any atom is 0.410 e. The van der Waals surface area contributed by atoms with Crippen LogP contribution in [-0.4, -0.2) is 77.4 Å². The van der Waals surface area contributed by atoms with Crippen LogP contribution in [0.2, 0.25) is 0 Å². The summed E-state index contributed by atoms with van der Waals surface area (Å²) in [5.74, 6) is -1.36. The fourth-order valence-electron chi connectivity index (χ4n) is 3.78. The predicted molar refractivity (Wildman–Crippen MR) is 119 cm³/mol. The lowest BCUT2D eigenvalue weighted by atomic mass is 9.98. The third kappa shape index (κ3) is 9.46. The Kier molecular flexibility index (Phi) is 10.8. The van der Waals surface area contributed by atoms with Crippen molar-refractivity contribution in [3.8, 4) is 0 Å². The molecule has 0 aromatic rings. The van der Waals surface area contributed by atoms with Crippen molar-refractivity contribution in [3.63, 3.8) is 0 Å². The van der Waals surface area contributed by atoms with Gasteiger partial charge in [0.2, 0.25) is 5.91 Å². The van der Waals surface area contributed by atoms with Gasteiger partial charge in [0.15, 0.2) is 0 Å². The summed E-state index contributed by atoms with van der Waals surface area (Å²) in [5.41, 5.74) is -0.692. The summed E-state index contributed by atoms with van der Waals surface area (Å²) >= 11 is 0. The Morgan fingerprint density at radius 2 is 1.58 bits per heavy atom. The molecule has 2 atom stereocenters. The number of likely N-dealkylation sites (N-methyl/N-ethyl adjacent to an activating group) is 2. The number of hydrogen-bond acceptors (Lipinski definition) is 5. The molecule has 1 N–H and O–H groups in total. The van der Waals surface area contributed by atoms with E-state index >= 15 is 0 Å². The lowest BCUT2D eigenvalue weighted by Gasteiger charge is -2.35. The normalized spacial score (nSPS) is 17.2. The molecule has 1 aliphatic carbocycles. The van der Waals surface area contributed by atoms with E-state index in [9.17, 15) is 19.5 Å². The van der Waals surface area contributed by atoms with E-state index in [0.29, 0.717) is 6.42 Å². The van der Waals surface area contributed by atoms with Crippen molar-refractivity contribution < 1.29 is 29.0 Å². The third-order valence-corrected chi connectivity index (χ3v) is 5.53. The maximum absolute atomic E-state index is 13.3. The molecule has 0 aliphatic heterocycles. The fourth-order valence-corrected chi connectivity index (χ4v) is 3.78. The van der Waals surface area contributed by atoms with Gasteiger partial charge in [0.25, 0.3) is 0 Å². The van der Waals surface area contributed by atoms with Crippen LogP contribution in [0.4, 0.5) is 4.79 Å². The van der Waals surface area contributed by atoms with Gasteiger partial charge < -0.3 is 19.5 Å². The van der Waals surface area contributed by atoms with Gasteiger partial charge in [0.1, 0.15) is 17.7 Å². The van der Waals surface area contributed by atoms with Crippen LogP contribution in [0, 0.1) is 5.92 Å². The summed E-state index contributed by atoms with van der Waals surface area (Å²) in [6.45, 7) is 9.48. The van der Waals surface area contributed by atoms with E-state index in [1.807, 2.05) is 13.8 Å². The van der Waals surface area contributed by atoms with Gasteiger partial charge >= 0.3 is 12.1 Å². The number of nitrogens with zero attached hydrogens (tertiary/aromatic N) is 2. The monoisotopic (exact) mass is 442 g/mol. The highest BCUT2D eigenvalue weighted by Gasteiger charge is 2.36. The van der Waals surface area contributed by atoms with Crippen LogP contribution in [-0.2, 0) is 19.1 Å². The maximum atomic E-state index is 13.3. The molecule has 8 heteroatoms. The first kappa shape index (κ1) is 27.2. The zero-order valence-electron chi connectivity index (χ0n) is 20.3. The van der Waals surface area contributed by atoms with E-state index in [1.165, 1.54) is 30.3 Å². The number of aliphatic carboxylic acids is 1. The predicted octanol–water partition coefficient (Wildman–Crippen LogP) is 3.92. The van der Waals surface area contributed by atoms with Crippen LogP contribution in [0.1, 0.15) is 79.6 Å². The molecule has 0 bridgehead atoms. The zero-order valence-corrected chi connectivity index (χ0v) is 20.3. The minimum atomic E-state index is -1.08. The smallest absolute Gasteiger partial charge is 0.410 e. The number of carbonyl (C=O) groups excluding carboxylic acids is 2. The van der Waals surface area contributed by atoms with Crippen molar-refractivity contribution in [1.29, 1.82) is 0 Å². The summed E-state index contributed by atoms with van der Waals surface area (Å²) in [5, 5.41) is 9.74. The number of hydrogen-bond donors (Lipinski definition) is 1. The van der Waals surface area contributed by atoms with Crippen molar-refractivity contribution in [2.45, 2.75) is 103 Å². The van der Waals surface area contributed by atoms with Crippen molar-refractivity contribution in [1.82, 2.24) is 9.80 Å². The first-order valence-corrected chi connectivity index (χ1v) is 11.4. The fraction of sp³-hybridized carbons (Fsp3) is 0.870. The SMILES string of the molecule is CC(C)C[C@H](C(=O)N(C)[C@H](CCOC1CCCCC1)C(=O)O)N(C)C(=O)OC(C)(C)C. The van der Waals surface area contributed by atoms with Crippen molar-refractivity contribution in [3.05, 3.63) is 0 Å². The van der Waals surface area contributed by atoms with Gasteiger partial charge in [0, 0.05) is 27.1 Å². The lowest BCUT2D eigenvalue weighted by Crippen LogP contribution is -2.54. The summed E-state index contributed by atoms with van der Waals surface area (Å²) in [6, 6.07) is -1.82. The van der Waals surface area contributed by atoms with E-state index in [1.54, 1.807) is 20.8 Å². The number of amides is 2. The highest BCUT2D eigenvalue weighted by molar-refractivity contribution is 5.89. The molecule has 0 radical (unpaired) electrons. The van der Waals surface area contributed by atoms with Crippen molar-refractivity contribution in [2.75, 3.05) is 20.7 Å². The van der Waals surface area contributed by atoms with Crippen LogP contribution in [0.15, 0.2) is 0 Å². The van der Waals surface area contributed by atoms with E-state index in [0.717, 1.165) is 25.7 Å². The minimum Gasteiger partial charge on any atom is -0.480 e. The van der Waals surface area contributed by atoms with Gasteiger partial charge in [-0.3, -0.25) is 9.69 Å². The number of carboxylic acid groups (broad SMARTS) is 1. The van der Waals surface area contributed by atoms with E-state index < -0.39 is 35.7 Å². The molecule has 0 unspecified atom stereocenters. The summed E-state index contributed by atoms with van der Waals surface area (Å²) in [7, 11) is 3.01. The minimum absolute atomic E-state index is 0.130. The highest BCUT2D eigenvalue weighted by atomic mass is 16.6. The quantitative estimate of drug-likeness (QED) is 0.551. The lowest BCUT2D eigenvalue weighted by molar-refractivity contribution is -0.152. The van der Waals surface area contributed by atoms with E-state index in [-0.39, 0.29) is 25.0 Å². The van der Waals surface area contributed by atoms with Crippen molar-refractivity contribution in [2.24, 2.45) is 5.92 Å². The average Bonchev–Trinajstić information content (AvgIpc) is 2.67. The molecule has 0 aromatic heterocycles. The molecular formula is C23H42N2O6. The summed E-state index contributed by atoms with van der Waals surface area (Å²) < 4.78 is 11.3. The van der Waals surface area contributed by atoms with Crippen LogP contribution in [0.25, 0.3) is 0 Å². The number of carbonyl (C=O) groups is 3. The molecule has 1 fully saturated rings. The molecule has 2 amide bonds. The standard InChI is InChI=1S/C23H42N2O6/c1-16(2)15-19(25(7)22(29)31-23(3,4)5)20(26)24(6)18(21(27)28)13-14-30-17-11-9-8-10-12-17/h16-19H,8-15H2,1-7H3,(H,27,28)/t18-,19-/m1/s1.